The Morgan fingerprint density at radius 3 is 2.50 bits per heavy atom. The minimum Gasteiger partial charge on any atom is -0.448 e. The number of nitrogens with one attached hydrogen (secondary N) is 1. The Bertz CT molecular complexity index is 485. The summed E-state index contributed by atoms with van der Waals surface area (Å²) in [5.41, 5.74) is 0.186. The summed E-state index contributed by atoms with van der Waals surface area (Å²) >= 11 is 0. The molecule has 0 aromatic rings. The number of fused-ring (bicyclic) bond motifs is 1. The van der Waals surface area contributed by atoms with Gasteiger partial charge < -0.3 is 19.6 Å². The molecule has 2 aliphatic heterocycles. The Morgan fingerprint density at radius 1 is 1.07 bits per heavy atom. The standard InChI is InChI=1S/C22H40N2O4/c1-19(25)11-8-6-4-3-5-7-9-15-23-21(26)28-17-20-12-14-22(18-27-2)13-10-16-24(20)22/h20H,3-18H2,1-2H3,(H,23,26)/t20-,22?/m1/s1. The predicted octanol–water partition coefficient (Wildman–Crippen LogP) is 4.07. The minimum absolute atomic E-state index is 0.186. The van der Waals surface area contributed by atoms with Gasteiger partial charge in [-0.2, -0.15) is 0 Å². The van der Waals surface area contributed by atoms with E-state index in [2.05, 4.69) is 10.2 Å². The van der Waals surface area contributed by atoms with E-state index in [9.17, 15) is 9.59 Å². The number of nitrogens with zero attached hydrogens (tertiary/aromatic N) is 1. The maximum absolute atomic E-state index is 12.0. The van der Waals surface area contributed by atoms with Crippen molar-refractivity contribution in [2.45, 2.75) is 95.6 Å². The van der Waals surface area contributed by atoms with Crippen LogP contribution in [-0.4, -0.2) is 61.8 Å². The van der Waals surface area contributed by atoms with E-state index in [0.717, 1.165) is 58.1 Å². The van der Waals surface area contributed by atoms with Crippen molar-refractivity contribution in [2.24, 2.45) is 0 Å². The summed E-state index contributed by atoms with van der Waals surface area (Å²) in [5.74, 6) is 0.292. The summed E-state index contributed by atoms with van der Waals surface area (Å²) in [5, 5.41) is 2.88. The van der Waals surface area contributed by atoms with E-state index in [1.165, 1.54) is 32.1 Å². The summed E-state index contributed by atoms with van der Waals surface area (Å²) in [6, 6.07) is 0.339. The van der Waals surface area contributed by atoms with Crippen LogP contribution in [0.25, 0.3) is 0 Å². The van der Waals surface area contributed by atoms with Crippen molar-refractivity contribution in [3.8, 4) is 0 Å². The van der Waals surface area contributed by atoms with Crippen LogP contribution in [0.5, 0.6) is 0 Å². The highest BCUT2D eigenvalue weighted by Gasteiger charge is 2.49. The van der Waals surface area contributed by atoms with Gasteiger partial charge >= 0.3 is 6.09 Å². The van der Waals surface area contributed by atoms with Crippen LogP contribution in [0.2, 0.25) is 0 Å². The third-order valence-electron chi connectivity index (χ3n) is 6.33. The number of carbonyl (C=O) groups is 2. The molecule has 2 saturated heterocycles. The van der Waals surface area contributed by atoms with Crippen molar-refractivity contribution in [2.75, 3.05) is 33.4 Å². The number of ketones is 1. The Labute approximate surface area is 170 Å². The lowest BCUT2D eigenvalue weighted by molar-refractivity contribution is -0.117. The van der Waals surface area contributed by atoms with Gasteiger partial charge in [-0.1, -0.05) is 32.1 Å². The Hall–Kier alpha value is -1.14. The molecule has 6 heteroatoms. The van der Waals surface area contributed by atoms with E-state index in [1.54, 1.807) is 14.0 Å². The summed E-state index contributed by atoms with van der Waals surface area (Å²) in [4.78, 5) is 25.3. The molecule has 2 fully saturated rings. The smallest absolute Gasteiger partial charge is 0.407 e. The lowest BCUT2D eigenvalue weighted by atomic mass is 9.95. The topological polar surface area (TPSA) is 67.9 Å². The lowest BCUT2D eigenvalue weighted by Crippen LogP contribution is -2.47. The highest BCUT2D eigenvalue weighted by molar-refractivity contribution is 5.75. The molecule has 0 spiro atoms. The lowest BCUT2D eigenvalue weighted by Gasteiger charge is -2.34. The van der Waals surface area contributed by atoms with Gasteiger partial charge in [-0.05, 0) is 52.0 Å². The number of hydrogen-bond donors (Lipinski definition) is 1. The highest BCUT2D eigenvalue weighted by atomic mass is 16.5. The summed E-state index contributed by atoms with van der Waals surface area (Å²) in [6.07, 6.45) is 13.0. The molecule has 1 N–H and O–H groups in total. The van der Waals surface area contributed by atoms with Gasteiger partial charge in [-0.3, -0.25) is 4.90 Å². The van der Waals surface area contributed by atoms with E-state index in [1.807, 2.05) is 0 Å². The average Bonchev–Trinajstić information content (AvgIpc) is 3.20. The van der Waals surface area contributed by atoms with Gasteiger partial charge in [0.2, 0.25) is 0 Å². The van der Waals surface area contributed by atoms with E-state index in [0.29, 0.717) is 25.0 Å². The fraction of sp³-hybridized carbons (Fsp3) is 0.909. The van der Waals surface area contributed by atoms with Crippen LogP contribution in [0.4, 0.5) is 4.79 Å². The number of alkyl carbamates (subject to hydrolysis) is 1. The SMILES string of the molecule is COCC12CCCN1[C@@H](COC(=O)NCCCCCCCCCC(C)=O)CC2. The molecule has 0 saturated carbocycles. The molecule has 2 rings (SSSR count). The summed E-state index contributed by atoms with van der Waals surface area (Å²) in [6.45, 7) is 4.70. The van der Waals surface area contributed by atoms with E-state index < -0.39 is 0 Å². The maximum atomic E-state index is 12.0. The van der Waals surface area contributed by atoms with E-state index >= 15 is 0 Å². The molecule has 1 amide bonds. The fourth-order valence-corrected chi connectivity index (χ4v) is 4.85. The number of unbranched alkanes of at least 4 members (excludes halogenated alkanes) is 6. The van der Waals surface area contributed by atoms with Gasteiger partial charge in [0.25, 0.3) is 0 Å². The van der Waals surface area contributed by atoms with Crippen LogP contribution in [0, 0.1) is 0 Å². The first kappa shape index (κ1) is 23.1. The molecule has 0 bridgehead atoms. The molecule has 6 nitrogen and oxygen atoms in total. The zero-order valence-corrected chi connectivity index (χ0v) is 18.0. The first-order valence-corrected chi connectivity index (χ1v) is 11.2. The number of rotatable bonds is 14. The predicted molar refractivity (Wildman–Crippen MR) is 111 cm³/mol. The van der Waals surface area contributed by atoms with Gasteiger partial charge in [0.05, 0.1) is 6.61 Å². The molecule has 2 aliphatic rings. The zero-order chi connectivity index (χ0) is 20.2. The third-order valence-corrected chi connectivity index (χ3v) is 6.33. The van der Waals surface area contributed by atoms with Crippen LogP contribution in [0.15, 0.2) is 0 Å². The number of methoxy groups -OCH3 is 1. The van der Waals surface area contributed by atoms with E-state index in [-0.39, 0.29) is 11.6 Å². The van der Waals surface area contributed by atoms with Crippen molar-refractivity contribution in [1.82, 2.24) is 10.2 Å². The second-order valence-corrected chi connectivity index (χ2v) is 8.60. The second-order valence-electron chi connectivity index (χ2n) is 8.60. The zero-order valence-electron chi connectivity index (χ0n) is 18.0. The highest BCUT2D eigenvalue weighted by Crippen LogP contribution is 2.42. The van der Waals surface area contributed by atoms with Gasteiger partial charge in [0, 0.05) is 31.7 Å². The number of hydrogen-bond acceptors (Lipinski definition) is 5. The fourth-order valence-electron chi connectivity index (χ4n) is 4.85. The molecule has 0 aliphatic carbocycles. The van der Waals surface area contributed by atoms with Crippen molar-refractivity contribution >= 4 is 11.9 Å². The van der Waals surface area contributed by atoms with Crippen LogP contribution in [0.1, 0.15) is 84.0 Å². The average molecular weight is 397 g/mol. The van der Waals surface area contributed by atoms with Crippen molar-refractivity contribution in [3.05, 3.63) is 0 Å². The molecule has 28 heavy (non-hydrogen) atoms. The van der Waals surface area contributed by atoms with Crippen LogP contribution >= 0.6 is 0 Å². The molecule has 0 aromatic heterocycles. The first-order chi connectivity index (χ1) is 13.6. The van der Waals surface area contributed by atoms with Crippen LogP contribution < -0.4 is 5.32 Å². The summed E-state index contributed by atoms with van der Waals surface area (Å²) in [7, 11) is 1.77. The number of Topliss-reactive ketones (excluding diaryl/α,β-unsaturated/α-hetero) is 1. The Kier molecular flexibility index (Phi) is 10.3. The van der Waals surface area contributed by atoms with Crippen molar-refractivity contribution in [1.29, 1.82) is 0 Å². The van der Waals surface area contributed by atoms with Gasteiger partial charge in [-0.25, -0.2) is 4.79 Å². The molecule has 0 aromatic carbocycles. The quantitative estimate of drug-likeness (QED) is 0.448. The molecular formula is C22H40N2O4. The molecule has 2 heterocycles. The maximum Gasteiger partial charge on any atom is 0.407 e. The Morgan fingerprint density at radius 2 is 1.79 bits per heavy atom. The second kappa shape index (κ2) is 12.4. The monoisotopic (exact) mass is 396 g/mol. The molecular weight excluding hydrogens is 356 g/mol. The molecule has 162 valence electrons. The Balaban J connectivity index is 1.46. The first-order valence-electron chi connectivity index (χ1n) is 11.2. The van der Waals surface area contributed by atoms with Gasteiger partial charge in [-0.15, -0.1) is 0 Å². The summed E-state index contributed by atoms with van der Waals surface area (Å²) < 4.78 is 10.9. The number of amides is 1. The van der Waals surface area contributed by atoms with Crippen LogP contribution in [-0.2, 0) is 14.3 Å². The molecule has 2 atom stereocenters. The minimum atomic E-state index is -0.285. The third kappa shape index (κ3) is 7.36. The molecule has 1 unspecified atom stereocenters. The van der Waals surface area contributed by atoms with Gasteiger partial charge in [0.1, 0.15) is 12.4 Å². The number of ether oxygens (including phenoxy) is 2. The van der Waals surface area contributed by atoms with Crippen molar-refractivity contribution in [3.63, 3.8) is 0 Å². The van der Waals surface area contributed by atoms with E-state index in [4.69, 9.17) is 9.47 Å². The van der Waals surface area contributed by atoms with Crippen LogP contribution in [0.3, 0.4) is 0 Å². The largest absolute Gasteiger partial charge is 0.448 e. The molecule has 0 radical (unpaired) electrons. The van der Waals surface area contributed by atoms with Gasteiger partial charge in [0.15, 0.2) is 0 Å². The van der Waals surface area contributed by atoms with Crippen molar-refractivity contribution < 1.29 is 19.1 Å². The normalized spacial score (nSPS) is 24.3. The number of carbonyl (C=O) groups excluding carboxylic acids is 2.